The molecule has 2 heterocycles. The summed E-state index contributed by atoms with van der Waals surface area (Å²) >= 11 is 6.75. The quantitative estimate of drug-likeness (QED) is 0.241. The number of hydrogen-bond donors (Lipinski definition) is 3. The number of anilines is 4. The standard InChI is InChI=1S/C23H20N6O2S2/c1-2-31-21(30)19-14-33-23(26-19)25-18-11-7-6-10-17(18)24-22(32)27-20-13-12-16(28-29-20)15-8-4-3-5-9-15/h3-14H,2H2,1H3,(H,25,26)(H2,24,27,29,32). The number of ether oxygens (including phenoxy) is 1. The second-order valence-corrected chi connectivity index (χ2v) is 7.94. The molecule has 4 rings (SSSR count). The maximum absolute atomic E-state index is 11.8. The van der Waals surface area contributed by atoms with Crippen molar-refractivity contribution in [1.29, 1.82) is 0 Å². The molecule has 0 bridgehead atoms. The van der Waals surface area contributed by atoms with Crippen molar-refractivity contribution >= 4 is 57.0 Å². The third-order valence-electron chi connectivity index (χ3n) is 4.38. The molecule has 33 heavy (non-hydrogen) atoms. The Morgan fingerprint density at radius 1 is 0.970 bits per heavy atom. The van der Waals surface area contributed by atoms with Crippen molar-refractivity contribution < 1.29 is 9.53 Å². The monoisotopic (exact) mass is 476 g/mol. The highest BCUT2D eigenvalue weighted by Crippen LogP contribution is 2.27. The highest BCUT2D eigenvalue weighted by atomic mass is 32.1. The first-order valence-corrected chi connectivity index (χ1v) is 11.4. The van der Waals surface area contributed by atoms with E-state index in [-0.39, 0.29) is 5.69 Å². The number of para-hydroxylation sites is 2. The molecule has 10 heteroatoms. The number of nitrogens with zero attached hydrogens (tertiary/aromatic N) is 3. The van der Waals surface area contributed by atoms with Gasteiger partial charge in [-0.15, -0.1) is 21.5 Å². The fourth-order valence-corrected chi connectivity index (χ4v) is 3.78. The number of benzene rings is 2. The molecule has 2 aromatic heterocycles. The molecule has 3 N–H and O–H groups in total. The lowest BCUT2D eigenvalue weighted by molar-refractivity contribution is 0.0520. The van der Waals surface area contributed by atoms with Crippen molar-refractivity contribution in [1.82, 2.24) is 15.2 Å². The third kappa shape index (κ3) is 5.88. The number of aromatic nitrogens is 3. The average molecular weight is 477 g/mol. The van der Waals surface area contributed by atoms with E-state index < -0.39 is 5.97 Å². The molecule has 0 atom stereocenters. The second kappa shape index (κ2) is 10.6. The van der Waals surface area contributed by atoms with Crippen LogP contribution in [0, 0.1) is 0 Å². The van der Waals surface area contributed by atoms with Gasteiger partial charge in [-0.25, -0.2) is 9.78 Å². The van der Waals surface area contributed by atoms with Gasteiger partial charge in [-0.3, -0.25) is 0 Å². The predicted octanol–water partition coefficient (Wildman–Crippen LogP) is 5.33. The first-order valence-electron chi connectivity index (χ1n) is 10.1. The number of hydrogen-bond acceptors (Lipinski definition) is 8. The fourth-order valence-electron chi connectivity index (χ4n) is 2.88. The van der Waals surface area contributed by atoms with E-state index >= 15 is 0 Å². The molecule has 2 aromatic carbocycles. The first-order chi connectivity index (χ1) is 16.1. The van der Waals surface area contributed by atoms with Crippen LogP contribution >= 0.6 is 23.6 Å². The zero-order valence-corrected chi connectivity index (χ0v) is 19.2. The summed E-state index contributed by atoms with van der Waals surface area (Å²) in [7, 11) is 0. The summed E-state index contributed by atoms with van der Waals surface area (Å²) in [5.74, 6) is 0.0783. The van der Waals surface area contributed by atoms with E-state index in [9.17, 15) is 4.79 Å². The number of carbonyl (C=O) groups is 1. The van der Waals surface area contributed by atoms with E-state index in [0.717, 1.165) is 22.6 Å². The molecule has 0 saturated heterocycles. The van der Waals surface area contributed by atoms with Crippen LogP contribution in [0.3, 0.4) is 0 Å². The number of nitrogens with one attached hydrogen (secondary N) is 3. The minimum atomic E-state index is -0.446. The summed E-state index contributed by atoms with van der Waals surface area (Å²) in [6.45, 7) is 2.06. The molecule has 0 aliphatic carbocycles. The minimum Gasteiger partial charge on any atom is -0.461 e. The van der Waals surface area contributed by atoms with Crippen molar-refractivity contribution in [3.63, 3.8) is 0 Å². The van der Waals surface area contributed by atoms with Gasteiger partial charge in [-0.05, 0) is 43.4 Å². The Hall–Kier alpha value is -3.89. The van der Waals surface area contributed by atoms with Crippen molar-refractivity contribution in [2.75, 3.05) is 22.6 Å². The van der Waals surface area contributed by atoms with Gasteiger partial charge in [0, 0.05) is 10.9 Å². The van der Waals surface area contributed by atoms with Gasteiger partial charge in [0.15, 0.2) is 21.8 Å². The van der Waals surface area contributed by atoms with E-state index in [1.54, 1.807) is 12.3 Å². The zero-order chi connectivity index (χ0) is 23.0. The Kier molecular flexibility index (Phi) is 7.18. The van der Waals surface area contributed by atoms with Gasteiger partial charge in [0.05, 0.1) is 23.7 Å². The topological polar surface area (TPSA) is 101 Å². The number of rotatable bonds is 7. The Balaban J connectivity index is 1.40. The third-order valence-corrected chi connectivity index (χ3v) is 5.34. The lowest BCUT2D eigenvalue weighted by Gasteiger charge is -2.14. The van der Waals surface area contributed by atoms with Crippen LogP contribution in [0.15, 0.2) is 72.1 Å². The summed E-state index contributed by atoms with van der Waals surface area (Å²) in [6.07, 6.45) is 0. The molecule has 0 radical (unpaired) electrons. The van der Waals surface area contributed by atoms with Gasteiger partial charge in [0.2, 0.25) is 0 Å². The number of esters is 1. The molecule has 0 saturated carbocycles. The van der Waals surface area contributed by atoms with Crippen LogP contribution in [-0.4, -0.2) is 32.9 Å². The van der Waals surface area contributed by atoms with E-state index in [0.29, 0.717) is 22.7 Å². The number of carbonyl (C=O) groups excluding carboxylic acids is 1. The Morgan fingerprint density at radius 3 is 2.45 bits per heavy atom. The number of thiocarbonyl (C=S) groups is 1. The molecule has 4 aromatic rings. The molecular weight excluding hydrogens is 456 g/mol. The highest BCUT2D eigenvalue weighted by molar-refractivity contribution is 7.80. The average Bonchev–Trinajstić information content (AvgIpc) is 3.30. The van der Waals surface area contributed by atoms with Gasteiger partial charge in [0.25, 0.3) is 0 Å². The Labute approximate surface area is 200 Å². The van der Waals surface area contributed by atoms with Gasteiger partial charge < -0.3 is 20.7 Å². The van der Waals surface area contributed by atoms with Crippen LogP contribution in [0.25, 0.3) is 11.3 Å². The number of thiazole rings is 1. The Morgan fingerprint density at radius 2 is 1.73 bits per heavy atom. The van der Waals surface area contributed by atoms with Crippen molar-refractivity contribution in [2.45, 2.75) is 6.92 Å². The molecule has 0 spiro atoms. The molecule has 166 valence electrons. The van der Waals surface area contributed by atoms with E-state index in [4.69, 9.17) is 17.0 Å². The summed E-state index contributed by atoms with van der Waals surface area (Å²) in [6, 6.07) is 21.0. The van der Waals surface area contributed by atoms with Crippen LogP contribution in [0.4, 0.5) is 22.3 Å². The van der Waals surface area contributed by atoms with Crippen molar-refractivity contribution in [3.8, 4) is 11.3 Å². The van der Waals surface area contributed by atoms with E-state index in [1.165, 1.54) is 11.3 Å². The first kappa shape index (κ1) is 22.3. The van der Waals surface area contributed by atoms with Crippen LogP contribution in [0.1, 0.15) is 17.4 Å². The van der Waals surface area contributed by atoms with Crippen molar-refractivity contribution in [3.05, 3.63) is 77.8 Å². The lowest BCUT2D eigenvalue weighted by Crippen LogP contribution is -2.20. The van der Waals surface area contributed by atoms with Gasteiger partial charge in [-0.1, -0.05) is 42.5 Å². The SMILES string of the molecule is CCOC(=O)c1csc(Nc2ccccc2NC(=S)Nc2ccc(-c3ccccc3)nn2)n1. The van der Waals surface area contributed by atoms with Gasteiger partial charge in [-0.2, -0.15) is 0 Å². The summed E-state index contributed by atoms with van der Waals surface area (Å²) in [5, 5.41) is 20.4. The van der Waals surface area contributed by atoms with Crippen LogP contribution in [0.5, 0.6) is 0 Å². The summed E-state index contributed by atoms with van der Waals surface area (Å²) < 4.78 is 4.99. The molecule has 0 unspecified atom stereocenters. The van der Waals surface area contributed by atoms with E-state index in [1.807, 2.05) is 66.7 Å². The molecule has 0 fully saturated rings. The zero-order valence-electron chi connectivity index (χ0n) is 17.6. The minimum absolute atomic E-state index is 0.268. The summed E-state index contributed by atoms with van der Waals surface area (Å²) in [5.41, 5.74) is 3.52. The summed E-state index contributed by atoms with van der Waals surface area (Å²) in [4.78, 5) is 16.1. The molecule has 8 nitrogen and oxygen atoms in total. The largest absolute Gasteiger partial charge is 0.461 e. The van der Waals surface area contributed by atoms with Crippen LogP contribution in [0.2, 0.25) is 0 Å². The van der Waals surface area contributed by atoms with Crippen molar-refractivity contribution in [2.24, 2.45) is 0 Å². The van der Waals surface area contributed by atoms with Gasteiger partial charge in [0.1, 0.15) is 0 Å². The lowest BCUT2D eigenvalue weighted by atomic mass is 10.1. The molecule has 0 aliphatic heterocycles. The fraction of sp³-hybridized carbons (Fsp3) is 0.0870. The predicted molar refractivity (Wildman–Crippen MR) is 135 cm³/mol. The van der Waals surface area contributed by atoms with E-state index in [2.05, 4.69) is 31.1 Å². The maximum atomic E-state index is 11.8. The molecule has 0 amide bonds. The normalized spacial score (nSPS) is 10.3. The Bertz CT molecular complexity index is 1250. The molecule has 0 aliphatic rings. The second-order valence-electron chi connectivity index (χ2n) is 6.68. The van der Waals surface area contributed by atoms with Gasteiger partial charge >= 0.3 is 5.97 Å². The molecular formula is C23H20N6O2S2. The maximum Gasteiger partial charge on any atom is 0.357 e. The highest BCUT2D eigenvalue weighted by Gasteiger charge is 2.13. The van der Waals surface area contributed by atoms with Crippen LogP contribution < -0.4 is 16.0 Å². The smallest absolute Gasteiger partial charge is 0.357 e. The van der Waals surface area contributed by atoms with Crippen LogP contribution in [-0.2, 0) is 4.74 Å².